The van der Waals surface area contributed by atoms with E-state index >= 15 is 0 Å². The van der Waals surface area contributed by atoms with Gasteiger partial charge in [-0.1, -0.05) is 0 Å². The minimum Gasteiger partial charge on any atom is -0.497 e. The van der Waals surface area contributed by atoms with Gasteiger partial charge >= 0.3 is 5.97 Å². The Morgan fingerprint density at radius 3 is 2.79 bits per heavy atom. The Balaban J connectivity index is 1.76. The first-order valence-corrected chi connectivity index (χ1v) is 8.86. The SMILES string of the molecule is COc1ccc2c(CC(=O)NC3(C(=O)O)CCSCC3)coc2c1. The van der Waals surface area contributed by atoms with Gasteiger partial charge in [-0.3, -0.25) is 4.79 Å². The Kier molecular flexibility index (Phi) is 4.71. The van der Waals surface area contributed by atoms with Crippen LogP contribution >= 0.6 is 11.8 Å². The fraction of sp³-hybridized carbons (Fsp3) is 0.412. The normalized spacial score (nSPS) is 16.7. The molecule has 0 atom stereocenters. The van der Waals surface area contributed by atoms with Crippen molar-refractivity contribution in [1.29, 1.82) is 0 Å². The first-order valence-electron chi connectivity index (χ1n) is 7.70. The smallest absolute Gasteiger partial charge is 0.329 e. The van der Waals surface area contributed by atoms with Crippen molar-refractivity contribution in [2.45, 2.75) is 24.8 Å². The van der Waals surface area contributed by atoms with Crippen LogP contribution in [0.25, 0.3) is 11.0 Å². The number of benzene rings is 1. The van der Waals surface area contributed by atoms with Gasteiger partial charge in [-0.05, 0) is 36.5 Å². The van der Waals surface area contributed by atoms with Crippen LogP contribution in [0.3, 0.4) is 0 Å². The Morgan fingerprint density at radius 2 is 2.12 bits per heavy atom. The summed E-state index contributed by atoms with van der Waals surface area (Å²) >= 11 is 1.71. The molecule has 1 aliphatic heterocycles. The van der Waals surface area contributed by atoms with Crippen LogP contribution in [0.2, 0.25) is 0 Å². The minimum absolute atomic E-state index is 0.0848. The van der Waals surface area contributed by atoms with Crippen molar-refractivity contribution < 1.29 is 23.8 Å². The summed E-state index contributed by atoms with van der Waals surface area (Å²) in [6, 6.07) is 5.40. The Morgan fingerprint density at radius 1 is 1.38 bits per heavy atom. The zero-order chi connectivity index (χ0) is 17.2. The zero-order valence-corrected chi connectivity index (χ0v) is 14.1. The molecule has 0 radical (unpaired) electrons. The van der Waals surface area contributed by atoms with Crippen molar-refractivity contribution in [3.8, 4) is 5.75 Å². The number of hydrogen-bond donors (Lipinski definition) is 2. The number of furan rings is 1. The Bertz CT molecular complexity index is 763. The van der Waals surface area contributed by atoms with Gasteiger partial charge in [0.1, 0.15) is 16.9 Å². The van der Waals surface area contributed by atoms with Crippen LogP contribution in [-0.4, -0.2) is 41.1 Å². The number of carboxylic acids is 1. The van der Waals surface area contributed by atoms with Crippen LogP contribution in [-0.2, 0) is 16.0 Å². The summed E-state index contributed by atoms with van der Waals surface area (Å²) in [6.07, 6.45) is 2.51. The van der Waals surface area contributed by atoms with Crippen LogP contribution in [0, 0.1) is 0 Å². The van der Waals surface area contributed by atoms with Gasteiger partial charge in [0, 0.05) is 17.0 Å². The molecule has 0 aliphatic carbocycles. The van der Waals surface area contributed by atoms with Crippen LogP contribution in [0.4, 0.5) is 0 Å². The number of hydrogen-bond acceptors (Lipinski definition) is 5. The van der Waals surface area contributed by atoms with Crippen LogP contribution < -0.4 is 10.1 Å². The number of carbonyl (C=O) groups excluding carboxylic acids is 1. The number of ether oxygens (including phenoxy) is 1. The summed E-state index contributed by atoms with van der Waals surface area (Å²) in [6.45, 7) is 0. The van der Waals surface area contributed by atoms with E-state index in [1.807, 2.05) is 6.07 Å². The first kappa shape index (κ1) is 16.7. The van der Waals surface area contributed by atoms with E-state index in [1.165, 1.54) is 6.26 Å². The van der Waals surface area contributed by atoms with Crippen molar-refractivity contribution in [2.24, 2.45) is 0 Å². The van der Waals surface area contributed by atoms with E-state index in [4.69, 9.17) is 9.15 Å². The van der Waals surface area contributed by atoms with Crippen molar-refractivity contribution in [3.05, 3.63) is 30.0 Å². The topological polar surface area (TPSA) is 88.8 Å². The molecule has 1 aliphatic rings. The largest absolute Gasteiger partial charge is 0.497 e. The number of amides is 1. The minimum atomic E-state index is -1.15. The highest BCUT2D eigenvalue weighted by Gasteiger charge is 2.41. The van der Waals surface area contributed by atoms with E-state index in [-0.39, 0.29) is 12.3 Å². The lowest BCUT2D eigenvalue weighted by atomic mass is 9.92. The maximum absolute atomic E-state index is 12.4. The predicted octanol–water partition coefficient (Wildman–Crippen LogP) is 2.45. The number of nitrogens with one attached hydrogen (secondary N) is 1. The molecular formula is C17H19NO5S. The van der Waals surface area contributed by atoms with E-state index in [9.17, 15) is 14.7 Å². The van der Waals surface area contributed by atoms with Crippen molar-refractivity contribution in [3.63, 3.8) is 0 Å². The lowest BCUT2D eigenvalue weighted by molar-refractivity contribution is -0.148. The van der Waals surface area contributed by atoms with Crippen LogP contribution in [0.5, 0.6) is 5.75 Å². The molecule has 6 nitrogen and oxygen atoms in total. The molecular weight excluding hydrogens is 330 g/mol. The highest BCUT2D eigenvalue weighted by Crippen LogP contribution is 2.29. The molecule has 128 valence electrons. The second-order valence-electron chi connectivity index (χ2n) is 5.85. The summed E-state index contributed by atoms with van der Waals surface area (Å²) in [5, 5.41) is 13.1. The average molecular weight is 349 g/mol. The number of carboxylic acid groups (broad SMARTS) is 1. The molecule has 2 heterocycles. The fourth-order valence-corrected chi connectivity index (χ4v) is 4.11. The third kappa shape index (κ3) is 3.21. The van der Waals surface area contributed by atoms with Crippen molar-refractivity contribution in [1.82, 2.24) is 5.32 Å². The molecule has 24 heavy (non-hydrogen) atoms. The predicted molar refractivity (Wildman–Crippen MR) is 91.5 cm³/mol. The second kappa shape index (κ2) is 6.76. The summed E-state index contributed by atoms with van der Waals surface area (Å²) in [4.78, 5) is 24.0. The second-order valence-corrected chi connectivity index (χ2v) is 7.07. The number of thioether (sulfide) groups is 1. The van der Waals surface area contributed by atoms with E-state index in [2.05, 4.69) is 5.32 Å². The first-order chi connectivity index (χ1) is 11.5. The van der Waals surface area contributed by atoms with Gasteiger partial charge < -0.3 is 19.6 Å². The van der Waals surface area contributed by atoms with Crippen LogP contribution in [0.1, 0.15) is 18.4 Å². The third-order valence-corrected chi connectivity index (χ3v) is 5.33. The highest BCUT2D eigenvalue weighted by molar-refractivity contribution is 7.99. The molecule has 0 bridgehead atoms. The molecule has 1 amide bonds. The lowest BCUT2D eigenvalue weighted by Gasteiger charge is -2.33. The van der Waals surface area contributed by atoms with Gasteiger partial charge in [0.05, 0.1) is 19.8 Å². The maximum atomic E-state index is 12.4. The van der Waals surface area contributed by atoms with E-state index < -0.39 is 11.5 Å². The van der Waals surface area contributed by atoms with Crippen molar-refractivity contribution >= 4 is 34.6 Å². The summed E-state index contributed by atoms with van der Waals surface area (Å²) < 4.78 is 10.6. The number of methoxy groups -OCH3 is 1. The monoisotopic (exact) mass is 349 g/mol. The molecule has 1 aromatic heterocycles. The number of carbonyl (C=O) groups is 2. The zero-order valence-electron chi connectivity index (χ0n) is 13.3. The number of rotatable bonds is 5. The standard InChI is InChI=1S/C17H19NO5S/c1-22-12-2-3-13-11(10-23-14(13)9-12)8-15(19)18-17(16(20)21)4-6-24-7-5-17/h2-3,9-10H,4-8H2,1H3,(H,18,19)(H,20,21). The molecule has 0 unspecified atom stereocenters. The van der Waals surface area contributed by atoms with Gasteiger partial charge in [-0.2, -0.15) is 11.8 Å². The number of fused-ring (bicyclic) bond motifs is 1. The molecule has 1 saturated heterocycles. The van der Waals surface area contributed by atoms with E-state index in [0.717, 1.165) is 22.5 Å². The highest BCUT2D eigenvalue weighted by atomic mass is 32.2. The van der Waals surface area contributed by atoms with Gasteiger partial charge in [-0.25, -0.2) is 4.79 Å². The van der Waals surface area contributed by atoms with Crippen LogP contribution in [0.15, 0.2) is 28.9 Å². The van der Waals surface area contributed by atoms with Gasteiger partial charge in [-0.15, -0.1) is 0 Å². The average Bonchev–Trinajstić information content (AvgIpc) is 2.97. The lowest BCUT2D eigenvalue weighted by Crippen LogP contribution is -2.56. The molecule has 1 fully saturated rings. The maximum Gasteiger partial charge on any atom is 0.329 e. The molecule has 3 rings (SSSR count). The summed E-state index contributed by atoms with van der Waals surface area (Å²) in [5.41, 5.74) is 0.223. The molecule has 2 aromatic rings. The Labute approximate surface area is 143 Å². The molecule has 2 N–H and O–H groups in total. The summed E-state index contributed by atoms with van der Waals surface area (Å²) in [5.74, 6) is 0.889. The van der Waals surface area contributed by atoms with Gasteiger partial charge in [0.2, 0.25) is 5.91 Å². The molecule has 0 saturated carbocycles. The van der Waals surface area contributed by atoms with E-state index in [0.29, 0.717) is 24.2 Å². The van der Waals surface area contributed by atoms with E-state index in [1.54, 1.807) is 31.0 Å². The Hall–Kier alpha value is -2.15. The molecule has 7 heteroatoms. The van der Waals surface area contributed by atoms with Crippen molar-refractivity contribution in [2.75, 3.05) is 18.6 Å². The van der Waals surface area contributed by atoms with Gasteiger partial charge in [0.25, 0.3) is 0 Å². The van der Waals surface area contributed by atoms with Gasteiger partial charge in [0.15, 0.2) is 0 Å². The third-order valence-electron chi connectivity index (χ3n) is 4.35. The molecule has 0 spiro atoms. The molecule has 1 aromatic carbocycles. The quantitative estimate of drug-likeness (QED) is 0.862. The number of aliphatic carboxylic acids is 1. The fourth-order valence-electron chi connectivity index (χ4n) is 2.92. The summed E-state index contributed by atoms with van der Waals surface area (Å²) in [7, 11) is 1.58.